The second kappa shape index (κ2) is 21.1. The molecule has 4 nitrogen and oxygen atoms in total. The SMILES string of the molecule is C1CCOC1.CC(C)(C)[O-].CCc1cc(F)ccc1C(O)C1CCCC1.Fc1ccc2c(c1)COC2C1CCCC1.S.[K+]. The van der Waals surface area contributed by atoms with Crippen molar-refractivity contribution in [1.29, 1.82) is 0 Å². The van der Waals surface area contributed by atoms with Crippen LogP contribution in [0.25, 0.3) is 0 Å². The third-order valence-corrected chi connectivity index (χ3v) is 8.14. The fourth-order valence-electron chi connectivity index (χ4n) is 6.10. The number of rotatable bonds is 4. The normalized spacial score (nSPS) is 20.2. The molecule has 2 saturated carbocycles. The summed E-state index contributed by atoms with van der Waals surface area (Å²) in [4.78, 5) is 0. The topological polar surface area (TPSA) is 61.8 Å². The van der Waals surface area contributed by atoms with E-state index in [1.54, 1.807) is 45.0 Å². The maximum atomic E-state index is 13.1. The van der Waals surface area contributed by atoms with Gasteiger partial charge in [0, 0.05) is 13.2 Å². The summed E-state index contributed by atoms with van der Waals surface area (Å²) in [6, 6.07) is 9.82. The second-order valence-corrected chi connectivity index (χ2v) is 12.7. The first-order valence-corrected chi connectivity index (χ1v) is 15.7. The van der Waals surface area contributed by atoms with E-state index in [1.807, 2.05) is 13.0 Å². The van der Waals surface area contributed by atoms with Crippen LogP contribution in [0.5, 0.6) is 0 Å². The number of hydrogen-bond donors (Lipinski definition) is 1. The molecular weight excluding hydrogens is 594 g/mol. The van der Waals surface area contributed by atoms with E-state index >= 15 is 0 Å². The molecule has 0 aromatic heterocycles. The Kier molecular flexibility index (Phi) is 20.2. The Bertz CT molecular complexity index is 1040. The summed E-state index contributed by atoms with van der Waals surface area (Å²) in [6.45, 7) is 9.49. The molecule has 2 aliphatic carbocycles. The Labute approximate surface area is 308 Å². The van der Waals surface area contributed by atoms with E-state index < -0.39 is 11.7 Å². The Hall–Kier alpha value is 0.126. The van der Waals surface area contributed by atoms with Gasteiger partial charge in [-0.05, 0) is 103 Å². The largest absolute Gasteiger partial charge is 1.00 e. The van der Waals surface area contributed by atoms with E-state index in [9.17, 15) is 19.0 Å². The summed E-state index contributed by atoms with van der Waals surface area (Å²) in [5, 5.41) is 20.4. The molecular formula is C35H53F2KO4S. The molecule has 2 heterocycles. The number of halogens is 2. The van der Waals surface area contributed by atoms with Gasteiger partial charge in [0.2, 0.25) is 0 Å². The van der Waals surface area contributed by atoms with Gasteiger partial charge in [-0.3, -0.25) is 0 Å². The summed E-state index contributed by atoms with van der Waals surface area (Å²) in [6.07, 6.45) is 13.0. The van der Waals surface area contributed by atoms with Crippen molar-refractivity contribution in [2.45, 2.75) is 123 Å². The molecule has 4 aliphatic rings. The Balaban J connectivity index is 0.000000317. The third kappa shape index (κ3) is 14.6. The molecule has 0 radical (unpaired) electrons. The predicted octanol–water partition coefficient (Wildman–Crippen LogP) is 5.26. The van der Waals surface area contributed by atoms with Crippen molar-refractivity contribution in [3.05, 3.63) is 70.3 Å². The minimum absolute atomic E-state index is 0. The van der Waals surface area contributed by atoms with Crippen LogP contribution in [0.3, 0.4) is 0 Å². The molecule has 3 fully saturated rings. The molecule has 2 atom stereocenters. The monoisotopic (exact) mass is 646 g/mol. The van der Waals surface area contributed by atoms with E-state index in [2.05, 4.69) is 0 Å². The molecule has 1 saturated heterocycles. The van der Waals surface area contributed by atoms with Gasteiger partial charge in [-0.25, -0.2) is 8.78 Å². The molecule has 238 valence electrons. The van der Waals surface area contributed by atoms with Gasteiger partial charge in [0.25, 0.3) is 0 Å². The maximum absolute atomic E-state index is 13.1. The van der Waals surface area contributed by atoms with Crippen LogP contribution in [0.15, 0.2) is 36.4 Å². The first kappa shape index (κ1) is 41.1. The smallest absolute Gasteiger partial charge is 0.850 e. The zero-order chi connectivity index (χ0) is 29.8. The van der Waals surface area contributed by atoms with Crippen LogP contribution in [0.4, 0.5) is 8.78 Å². The van der Waals surface area contributed by atoms with Gasteiger partial charge >= 0.3 is 51.4 Å². The van der Waals surface area contributed by atoms with Crippen LogP contribution in [0.2, 0.25) is 0 Å². The van der Waals surface area contributed by atoms with Crippen LogP contribution in [-0.4, -0.2) is 23.9 Å². The Morgan fingerprint density at radius 3 is 1.95 bits per heavy atom. The average Bonchev–Trinajstić information content (AvgIpc) is 3.76. The van der Waals surface area contributed by atoms with Crippen LogP contribution in [0, 0.1) is 23.5 Å². The number of aryl methyl sites for hydroxylation is 1. The van der Waals surface area contributed by atoms with Gasteiger partial charge in [0.15, 0.2) is 0 Å². The summed E-state index contributed by atoms with van der Waals surface area (Å²) in [7, 11) is 0. The number of aliphatic hydroxyl groups is 1. The molecule has 0 spiro atoms. The van der Waals surface area contributed by atoms with Gasteiger partial charge in [-0.15, -0.1) is 5.60 Å². The molecule has 2 aromatic carbocycles. The zero-order valence-electron chi connectivity index (χ0n) is 27.1. The minimum Gasteiger partial charge on any atom is -0.850 e. The summed E-state index contributed by atoms with van der Waals surface area (Å²) < 4.78 is 36.8. The van der Waals surface area contributed by atoms with Gasteiger partial charge in [0.05, 0.1) is 18.8 Å². The molecule has 8 heteroatoms. The first-order valence-electron chi connectivity index (χ1n) is 15.7. The number of fused-ring (bicyclic) bond motifs is 1. The number of aliphatic hydroxyl groups excluding tert-OH is 1. The van der Waals surface area contributed by atoms with Crippen LogP contribution >= 0.6 is 13.5 Å². The maximum Gasteiger partial charge on any atom is 1.00 e. The van der Waals surface area contributed by atoms with Crippen LogP contribution < -0.4 is 56.5 Å². The van der Waals surface area contributed by atoms with E-state index in [0.29, 0.717) is 18.4 Å². The van der Waals surface area contributed by atoms with Crippen LogP contribution in [0.1, 0.15) is 126 Å². The van der Waals surface area contributed by atoms with Crippen molar-refractivity contribution >= 4 is 13.5 Å². The summed E-state index contributed by atoms with van der Waals surface area (Å²) >= 11 is 0. The van der Waals surface area contributed by atoms with Gasteiger partial charge < -0.3 is 19.7 Å². The predicted molar refractivity (Wildman–Crippen MR) is 169 cm³/mol. The molecule has 2 aliphatic heterocycles. The third-order valence-electron chi connectivity index (χ3n) is 8.14. The van der Waals surface area contributed by atoms with Gasteiger partial charge in [-0.2, -0.15) is 13.5 Å². The molecule has 6 rings (SSSR count). The molecule has 2 unspecified atom stereocenters. The second-order valence-electron chi connectivity index (χ2n) is 12.7. The van der Waals surface area contributed by atoms with Crippen molar-refractivity contribution in [1.82, 2.24) is 0 Å². The first-order chi connectivity index (χ1) is 19.6. The quantitative estimate of drug-likeness (QED) is 0.461. The fourth-order valence-corrected chi connectivity index (χ4v) is 6.10. The Morgan fingerprint density at radius 1 is 0.884 bits per heavy atom. The van der Waals surface area contributed by atoms with Crippen molar-refractivity contribution < 1.29 is 79.9 Å². The van der Waals surface area contributed by atoms with Crippen molar-refractivity contribution in [3.8, 4) is 0 Å². The molecule has 2 aromatic rings. The van der Waals surface area contributed by atoms with E-state index in [0.717, 1.165) is 49.2 Å². The Morgan fingerprint density at radius 2 is 1.42 bits per heavy atom. The van der Waals surface area contributed by atoms with E-state index in [1.165, 1.54) is 63.0 Å². The fraction of sp³-hybridized carbons (Fsp3) is 0.657. The van der Waals surface area contributed by atoms with E-state index in [4.69, 9.17) is 9.47 Å². The number of hydrogen-bond acceptors (Lipinski definition) is 4. The van der Waals surface area contributed by atoms with Crippen molar-refractivity contribution in [3.63, 3.8) is 0 Å². The summed E-state index contributed by atoms with van der Waals surface area (Å²) in [5.74, 6) is 0.677. The summed E-state index contributed by atoms with van der Waals surface area (Å²) in [5.41, 5.74) is 3.39. The zero-order valence-corrected chi connectivity index (χ0v) is 31.2. The van der Waals surface area contributed by atoms with Crippen molar-refractivity contribution in [2.75, 3.05) is 13.2 Å². The van der Waals surface area contributed by atoms with E-state index in [-0.39, 0.29) is 82.6 Å². The number of ether oxygens (including phenoxy) is 2. The minimum atomic E-state index is -0.750. The number of benzene rings is 2. The molecule has 43 heavy (non-hydrogen) atoms. The van der Waals surface area contributed by atoms with Crippen LogP contribution in [-0.2, 0) is 22.5 Å². The van der Waals surface area contributed by atoms with Gasteiger partial charge in [0.1, 0.15) is 11.6 Å². The molecule has 1 N–H and O–H groups in total. The average molecular weight is 647 g/mol. The standard InChI is InChI=1S/C14H19FO.C13H15FO.C4H8O.C4H9O.K.H2S/c1-2-10-9-12(15)7-8-13(10)14(16)11-5-3-4-6-11;14-11-5-6-12-10(7-11)8-15-13(12)9-3-1-2-4-9;1-2-4-5-3-1;1-4(2,3)5;;/h7-9,11,14,16H,2-6H2,1H3;5-7,9,13H,1-4,8H2;1-4H2;1-3H3;;1H2/q;;;-1;+1;. The molecule has 0 bridgehead atoms. The van der Waals surface area contributed by atoms with Gasteiger partial charge in [-0.1, -0.05) is 65.5 Å². The molecule has 0 amide bonds. The van der Waals surface area contributed by atoms with Crippen molar-refractivity contribution in [2.24, 2.45) is 11.8 Å².